The second-order valence-corrected chi connectivity index (χ2v) is 7.79. The minimum absolute atomic E-state index is 0.177. The molecule has 1 aliphatic rings. The third-order valence-electron chi connectivity index (χ3n) is 5.56. The standard InChI is InChI=1S/C25H29N5O2/c1-32-17-12-26-25(31)22-18-27-23(21-10-6-3-7-11-21)28-24(22)30-15-13-29(14-16-30)19-20-8-4-2-5-9-20/h2-11,18H,12-17,19H2,1H3,(H,26,31). The molecule has 0 bridgehead atoms. The molecule has 0 spiro atoms. The van der Waals surface area contributed by atoms with Crippen LogP contribution in [-0.4, -0.2) is 67.2 Å². The number of benzene rings is 2. The van der Waals surface area contributed by atoms with Crippen LogP contribution in [-0.2, 0) is 11.3 Å². The molecule has 1 fully saturated rings. The van der Waals surface area contributed by atoms with Crippen molar-refractivity contribution in [1.82, 2.24) is 20.2 Å². The summed E-state index contributed by atoms with van der Waals surface area (Å²) in [5.41, 5.74) is 2.74. The number of methoxy groups -OCH3 is 1. The van der Waals surface area contributed by atoms with E-state index in [0.29, 0.717) is 30.4 Å². The van der Waals surface area contributed by atoms with Gasteiger partial charge in [-0.2, -0.15) is 0 Å². The molecule has 2 aromatic carbocycles. The summed E-state index contributed by atoms with van der Waals surface area (Å²) in [4.78, 5) is 26.8. The molecule has 0 atom stereocenters. The zero-order chi connectivity index (χ0) is 22.2. The molecule has 7 nitrogen and oxygen atoms in total. The molecule has 1 aromatic heterocycles. The van der Waals surface area contributed by atoms with Crippen molar-refractivity contribution in [3.05, 3.63) is 78.0 Å². The fourth-order valence-corrected chi connectivity index (χ4v) is 3.82. The third kappa shape index (κ3) is 5.49. The second kappa shape index (κ2) is 10.8. The monoisotopic (exact) mass is 431 g/mol. The lowest BCUT2D eigenvalue weighted by Crippen LogP contribution is -2.47. The molecule has 0 aliphatic carbocycles. The number of anilines is 1. The minimum atomic E-state index is -0.177. The summed E-state index contributed by atoms with van der Waals surface area (Å²) >= 11 is 0. The van der Waals surface area contributed by atoms with Crippen molar-refractivity contribution in [2.75, 3.05) is 51.3 Å². The zero-order valence-corrected chi connectivity index (χ0v) is 18.4. The topological polar surface area (TPSA) is 70.6 Å². The summed E-state index contributed by atoms with van der Waals surface area (Å²) in [7, 11) is 1.62. The first-order valence-electron chi connectivity index (χ1n) is 11.0. The van der Waals surface area contributed by atoms with Crippen LogP contribution in [0, 0.1) is 0 Å². The predicted molar refractivity (Wildman–Crippen MR) is 126 cm³/mol. The maximum Gasteiger partial charge on any atom is 0.256 e. The van der Waals surface area contributed by atoms with E-state index in [-0.39, 0.29) is 5.91 Å². The molecule has 0 radical (unpaired) electrons. The van der Waals surface area contributed by atoms with E-state index in [2.05, 4.69) is 44.4 Å². The Hall–Kier alpha value is -3.29. The van der Waals surface area contributed by atoms with E-state index >= 15 is 0 Å². The van der Waals surface area contributed by atoms with Gasteiger partial charge in [-0.3, -0.25) is 9.69 Å². The van der Waals surface area contributed by atoms with E-state index in [1.807, 2.05) is 36.4 Å². The molecule has 1 saturated heterocycles. The smallest absolute Gasteiger partial charge is 0.256 e. The fraction of sp³-hybridized carbons (Fsp3) is 0.320. The Morgan fingerprint density at radius 3 is 2.38 bits per heavy atom. The first kappa shape index (κ1) is 21.9. The van der Waals surface area contributed by atoms with E-state index in [9.17, 15) is 4.79 Å². The molecule has 4 rings (SSSR count). The summed E-state index contributed by atoms with van der Waals surface area (Å²) < 4.78 is 5.05. The van der Waals surface area contributed by atoms with Gasteiger partial charge in [0, 0.05) is 58.1 Å². The Balaban J connectivity index is 1.53. The summed E-state index contributed by atoms with van der Waals surface area (Å²) in [5, 5.41) is 2.90. The van der Waals surface area contributed by atoms with Crippen LogP contribution in [0.4, 0.5) is 5.82 Å². The zero-order valence-electron chi connectivity index (χ0n) is 18.4. The summed E-state index contributed by atoms with van der Waals surface area (Å²) in [6, 6.07) is 20.4. The molecule has 1 aliphatic heterocycles. The molecule has 3 aromatic rings. The lowest BCUT2D eigenvalue weighted by Gasteiger charge is -2.36. The van der Waals surface area contributed by atoms with Crippen LogP contribution in [0.1, 0.15) is 15.9 Å². The normalized spacial score (nSPS) is 14.3. The number of nitrogens with one attached hydrogen (secondary N) is 1. The van der Waals surface area contributed by atoms with Crippen molar-refractivity contribution in [3.8, 4) is 11.4 Å². The summed E-state index contributed by atoms with van der Waals surface area (Å²) in [6.45, 7) is 5.25. The summed E-state index contributed by atoms with van der Waals surface area (Å²) in [6.07, 6.45) is 1.64. The average Bonchev–Trinajstić information content (AvgIpc) is 2.85. The molecule has 1 N–H and O–H groups in total. The number of rotatable bonds is 8. The van der Waals surface area contributed by atoms with E-state index < -0.39 is 0 Å². The SMILES string of the molecule is COCCNC(=O)c1cnc(-c2ccccc2)nc1N1CCN(Cc2ccccc2)CC1. The van der Waals surface area contributed by atoms with Gasteiger partial charge in [-0.05, 0) is 5.56 Å². The molecule has 0 unspecified atom stereocenters. The van der Waals surface area contributed by atoms with Gasteiger partial charge < -0.3 is 15.0 Å². The largest absolute Gasteiger partial charge is 0.383 e. The Kier molecular flexibility index (Phi) is 7.42. The molecule has 2 heterocycles. The lowest BCUT2D eigenvalue weighted by atomic mass is 10.1. The van der Waals surface area contributed by atoms with Crippen molar-refractivity contribution in [2.24, 2.45) is 0 Å². The number of piperazine rings is 1. The second-order valence-electron chi connectivity index (χ2n) is 7.79. The van der Waals surface area contributed by atoms with Gasteiger partial charge in [-0.25, -0.2) is 9.97 Å². The van der Waals surface area contributed by atoms with Gasteiger partial charge in [0.05, 0.1) is 6.61 Å². The summed E-state index contributed by atoms with van der Waals surface area (Å²) in [5.74, 6) is 1.14. The van der Waals surface area contributed by atoms with Crippen LogP contribution < -0.4 is 10.2 Å². The highest BCUT2D eigenvalue weighted by molar-refractivity contribution is 5.99. The van der Waals surface area contributed by atoms with E-state index in [4.69, 9.17) is 9.72 Å². The number of amides is 1. The molecule has 32 heavy (non-hydrogen) atoms. The first-order valence-corrected chi connectivity index (χ1v) is 11.0. The van der Waals surface area contributed by atoms with Gasteiger partial charge in [0.25, 0.3) is 5.91 Å². The number of hydrogen-bond donors (Lipinski definition) is 1. The van der Waals surface area contributed by atoms with Gasteiger partial charge >= 0.3 is 0 Å². The maximum atomic E-state index is 12.9. The van der Waals surface area contributed by atoms with Crippen LogP contribution in [0.2, 0.25) is 0 Å². The quantitative estimate of drug-likeness (QED) is 0.553. The maximum absolute atomic E-state index is 12.9. The van der Waals surface area contributed by atoms with Crippen LogP contribution in [0.5, 0.6) is 0 Å². The number of carbonyl (C=O) groups excluding carboxylic acids is 1. The molecular formula is C25H29N5O2. The van der Waals surface area contributed by atoms with Crippen LogP contribution >= 0.6 is 0 Å². The van der Waals surface area contributed by atoms with Gasteiger partial charge in [-0.1, -0.05) is 60.7 Å². The van der Waals surface area contributed by atoms with Crippen LogP contribution in [0.25, 0.3) is 11.4 Å². The van der Waals surface area contributed by atoms with Gasteiger partial charge in [-0.15, -0.1) is 0 Å². The van der Waals surface area contributed by atoms with Gasteiger partial charge in [0.15, 0.2) is 5.82 Å². The molecule has 0 saturated carbocycles. The molecular weight excluding hydrogens is 402 g/mol. The number of carbonyl (C=O) groups is 1. The highest BCUT2D eigenvalue weighted by Crippen LogP contribution is 2.24. The average molecular weight is 432 g/mol. The number of nitrogens with zero attached hydrogens (tertiary/aromatic N) is 4. The highest BCUT2D eigenvalue weighted by atomic mass is 16.5. The molecule has 166 valence electrons. The van der Waals surface area contributed by atoms with Gasteiger partial charge in [0.2, 0.25) is 0 Å². The minimum Gasteiger partial charge on any atom is -0.383 e. The highest BCUT2D eigenvalue weighted by Gasteiger charge is 2.24. The number of ether oxygens (including phenoxy) is 1. The van der Waals surface area contributed by atoms with E-state index in [1.165, 1.54) is 5.56 Å². The molecule has 7 heteroatoms. The van der Waals surface area contributed by atoms with Crippen molar-refractivity contribution < 1.29 is 9.53 Å². The number of hydrogen-bond acceptors (Lipinski definition) is 6. The Bertz CT molecular complexity index is 1010. The van der Waals surface area contributed by atoms with Crippen LogP contribution in [0.15, 0.2) is 66.9 Å². The van der Waals surface area contributed by atoms with Crippen molar-refractivity contribution in [1.29, 1.82) is 0 Å². The fourth-order valence-electron chi connectivity index (χ4n) is 3.82. The first-order chi connectivity index (χ1) is 15.7. The predicted octanol–water partition coefficient (Wildman–Crippen LogP) is 2.84. The van der Waals surface area contributed by atoms with E-state index in [0.717, 1.165) is 38.3 Å². The number of aromatic nitrogens is 2. The molecule has 1 amide bonds. The van der Waals surface area contributed by atoms with Crippen molar-refractivity contribution in [2.45, 2.75) is 6.54 Å². The Morgan fingerprint density at radius 2 is 1.69 bits per heavy atom. The van der Waals surface area contributed by atoms with E-state index in [1.54, 1.807) is 13.3 Å². The Morgan fingerprint density at radius 1 is 1.00 bits per heavy atom. The van der Waals surface area contributed by atoms with Gasteiger partial charge in [0.1, 0.15) is 11.4 Å². The Labute approximate surface area is 189 Å². The lowest BCUT2D eigenvalue weighted by molar-refractivity contribution is 0.0936. The van der Waals surface area contributed by atoms with Crippen molar-refractivity contribution >= 4 is 11.7 Å². The van der Waals surface area contributed by atoms with Crippen molar-refractivity contribution in [3.63, 3.8) is 0 Å². The third-order valence-corrected chi connectivity index (χ3v) is 5.56. The van der Waals surface area contributed by atoms with Crippen LogP contribution in [0.3, 0.4) is 0 Å².